The predicted molar refractivity (Wildman–Crippen MR) is 69.3 cm³/mol. The molecule has 19 heavy (non-hydrogen) atoms. The maximum atomic E-state index is 12.3. The van der Waals surface area contributed by atoms with Gasteiger partial charge in [0.15, 0.2) is 0 Å². The van der Waals surface area contributed by atoms with E-state index < -0.39 is 10.0 Å². The third kappa shape index (κ3) is 2.52. The fourth-order valence-corrected chi connectivity index (χ4v) is 3.73. The van der Waals surface area contributed by atoms with E-state index in [0.29, 0.717) is 18.8 Å². The molecule has 1 aromatic rings. The fraction of sp³-hybridized carbons (Fsp3) is 0.583. The number of carbonyl (C=O) groups is 1. The molecule has 0 atom stereocenters. The van der Waals surface area contributed by atoms with E-state index in [9.17, 15) is 13.2 Å². The van der Waals surface area contributed by atoms with Crippen LogP contribution in [0.3, 0.4) is 0 Å². The van der Waals surface area contributed by atoms with Gasteiger partial charge in [0.2, 0.25) is 10.0 Å². The lowest BCUT2D eigenvalue weighted by Gasteiger charge is -2.13. The largest absolute Gasteiger partial charge is 0.356 e. The minimum absolute atomic E-state index is 0.176. The van der Waals surface area contributed by atoms with Gasteiger partial charge in [-0.25, -0.2) is 8.42 Å². The molecule has 3 rings (SSSR count). The Bertz CT molecular complexity index is 583. The van der Waals surface area contributed by atoms with Crippen molar-refractivity contribution >= 4 is 15.9 Å². The third-order valence-corrected chi connectivity index (χ3v) is 5.39. The lowest BCUT2D eigenvalue weighted by atomic mass is 10.4. The highest BCUT2D eigenvalue weighted by Gasteiger charge is 2.29. The highest BCUT2D eigenvalue weighted by Crippen LogP contribution is 2.22. The molecule has 1 aliphatic carbocycles. The molecule has 2 heterocycles. The van der Waals surface area contributed by atoms with Crippen LogP contribution in [0.1, 0.15) is 36.2 Å². The molecule has 0 aromatic carbocycles. The van der Waals surface area contributed by atoms with Gasteiger partial charge >= 0.3 is 0 Å². The molecular formula is C12H17N3O3S. The van der Waals surface area contributed by atoms with Crippen molar-refractivity contribution in [2.75, 3.05) is 13.1 Å². The predicted octanol–water partition coefficient (Wildman–Crippen LogP) is 0.691. The smallest absolute Gasteiger partial charge is 0.267 e. The molecule has 2 aliphatic rings. The third-order valence-electron chi connectivity index (χ3n) is 3.52. The SMILES string of the molecule is O=C(NC1CC1)c1cc(S(=O)(=O)N2CCCC2)c[nH]1. The quantitative estimate of drug-likeness (QED) is 0.853. The zero-order valence-corrected chi connectivity index (χ0v) is 11.4. The number of hydrogen-bond donors (Lipinski definition) is 2. The first-order valence-electron chi connectivity index (χ1n) is 6.57. The van der Waals surface area contributed by atoms with E-state index >= 15 is 0 Å². The second-order valence-corrected chi connectivity index (χ2v) is 7.05. The summed E-state index contributed by atoms with van der Waals surface area (Å²) < 4.78 is 26.0. The van der Waals surface area contributed by atoms with Crippen molar-refractivity contribution in [3.8, 4) is 0 Å². The second kappa shape index (κ2) is 4.64. The zero-order valence-electron chi connectivity index (χ0n) is 10.6. The van der Waals surface area contributed by atoms with E-state index in [1.165, 1.54) is 16.6 Å². The molecule has 1 aliphatic heterocycles. The van der Waals surface area contributed by atoms with Crippen LogP contribution in [0.2, 0.25) is 0 Å². The van der Waals surface area contributed by atoms with Crippen molar-refractivity contribution in [2.24, 2.45) is 0 Å². The summed E-state index contributed by atoms with van der Waals surface area (Å²) in [7, 11) is -3.44. The monoisotopic (exact) mass is 283 g/mol. The topological polar surface area (TPSA) is 82.3 Å². The van der Waals surface area contributed by atoms with Gasteiger partial charge < -0.3 is 10.3 Å². The molecule has 7 heteroatoms. The average Bonchev–Trinajstić information content (AvgIpc) is 2.93. The van der Waals surface area contributed by atoms with Gasteiger partial charge in [-0.2, -0.15) is 4.31 Å². The van der Waals surface area contributed by atoms with Crippen LogP contribution in [-0.2, 0) is 10.0 Å². The molecular weight excluding hydrogens is 266 g/mol. The first kappa shape index (κ1) is 12.7. The lowest BCUT2D eigenvalue weighted by Crippen LogP contribution is -2.27. The van der Waals surface area contributed by atoms with E-state index in [0.717, 1.165) is 25.7 Å². The van der Waals surface area contributed by atoms with Crippen molar-refractivity contribution in [1.29, 1.82) is 0 Å². The second-order valence-electron chi connectivity index (χ2n) is 5.11. The van der Waals surface area contributed by atoms with Gasteiger partial charge in [-0.15, -0.1) is 0 Å². The van der Waals surface area contributed by atoms with Crippen LogP contribution in [0, 0.1) is 0 Å². The molecule has 6 nitrogen and oxygen atoms in total. The summed E-state index contributed by atoms with van der Waals surface area (Å²) in [6.07, 6.45) is 5.21. The summed E-state index contributed by atoms with van der Waals surface area (Å²) in [4.78, 5) is 14.7. The minimum Gasteiger partial charge on any atom is -0.356 e. The molecule has 0 spiro atoms. The minimum atomic E-state index is -3.44. The summed E-state index contributed by atoms with van der Waals surface area (Å²) in [5.41, 5.74) is 0.310. The number of rotatable bonds is 4. The summed E-state index contributed by atoms with van der Waals surface area (Å²) >= 11 is 0. The Hall–Kier alpha value is -1.34. The summed E-state index contributed by atoms with van der Waals surface area (Å²) in [6, 6.07) is 1.68. The van der Waals surface area contributed by atoms with Crippen molar-refractivity contribution in [3.63, 3.8) is 0 Å². The number of aromatic amines is 1. The molecule has 1 saturated heterocycles. The van der Waals surface area contributed by atoms with E-state index in [2.05, 4.69) is 10.3 Å². The van der Waals surface area contributed by atoms with Crippen LogP contribution in [0.15, 0.2) is 17.2 Å². The Balaban J connectivity index is 1.77. The number of carbonyl (C=O) groups excluding carboxylic acids is 1. The van der Waals surface area contributed by atoms with Crippen LogP contribution in [-0.4, -0.2) is 42.7 Å². The maximum Gasteiger partial charge on any atom is 0.267 e. The molecule has 2 fully saturated rings. The molecule has 1 aromatic heterocycles. The van der Waals surface area contributed by atoms with Gasteiger partial charge in [0.25, 0.3) is 5.91 Å². The highest BCUT2D eigenvalue weighted by molar-refractivity contribution is 7.89. The Morgan fingerprint density at radius 1 is 1.32 bits per heavy atom. The van der Waals surface area contributed by atoms with E-state index in [-0.39, 0.29) is 16.8 Å². The van der Waals surface area contributed by atoms with Gasteiger partial charge in [-0.05, 0) is 31.7 Å². The first-order chi connectivity index (χ1) is 9.07. The fourth-order valence-electron chi connectivity index (χ4n) is 2.22. The van der Waals surface area contributed by atoms with Crippen LogP contribution in [0.5, 0.6) is 0 Å². The molecule has 2 N–H and O–H groups in total. The van der Waals surface area contributed by atoms with Gasteiger partial charge in [0, 0.05) is 25.3 Å². The van der Waals surface area contributed by atoms with Crippen molar-refractivity contribution in [2.45, 2.75) is 36.6 Å². The van der Waals surface area contributed by atoms with Crippen molar-refractivity contribution < 1.29 is 13.2 Å². The number of aromatic nitrogens is 1. The number of sulfonamides is 1. The number of hydrogen-bond acceptors (Lipinski definition) is 3. The highest BCUT2D eigenvalue weighted by atomic mass is 32.2. The molecule has 0 radical (unpaired) electrons. The number of amides is 1. The summed E-state index contributed by atoms with van der Waals surface area (Å²) in [5, 5.41) is 2.83. The molecule has 0 bridgehead atoms. The number of H-pyrrole nitrogens is 1. The van der Waals surface area contributed by atoms with Crippen molar-refractivity contribution in [3.05, 3.63) is 18.0 Å². The summed E-state index contributed by atoms with van der Waals surface area (Å²) in [5.74, 6) is -0.231. The van der Waals surface area contributed by atoms with Gasteiger partial charge in [-0.3, -0.25) is 4.79 Å². The van der Waals surface area contributed by atoms with Crippen LogP contribution >= 0.6 is 0 Å². The van der Waals surface area contributed by atoms with E-state index in [1.807, 2.05) is 0 Å². The lowest BCUT2D eigenvalue weighted by molar-refractivity contribution is 0.0946. The van der Waals surface area contributed by atoms with Gasteiger partial charge in [-0.1, -0.05) is 0 Å². The van der Waals surface area contributed by atoms with Crippen LogP contribution in [0.25, 0.3) is 0 Å². The Morgan fingerprint density at radius 2 is 2.00 bits per heavy atom. The zero-order chi connectivity index (χ0) is 13.5. The molecule has 1 amide bonds. The average molecular weight is 283 g/mol. The molecule has 0 unspecified atom stereocenters. The molecule has 1 saturated carbocycles. The Kier molecular flexibility index (Phi) is 3.10. The number of nitrogens with zero attached hydrogens (tertiary/aromatic N) is 1. The number of nitrogens with one attached hydrogen (secondary N) is 2. The van der Waals surface area contributed by atoms with Gasteiger partial charge in [0.05, 0.1) is 0 Å². The first-order valence-corrected chi connectivity index (χ1v) is 8.01. The van der Waals surface area contributed by atoms with E-state index in [1.54, 1.807) is 0 Å². The normalized spacial score (nSPS) is 20.6. The van der Waals surface area contributed by atoms with E-state index in [4.69, 9.17) is 0 Å². The van der Waals surface area contributed by atoms with Crippen LogP contribution in [0.4, 0.5) is 0 Å². The standard InChI is InChI=1S/C12H17N3O3S/c16-12(14-9-3-4-9)11-7-10(8-13-11)19(17,18)15-5-1-2-6-15/h7-9,13H,1-6H2,(H,14,16). The Morgan fingerprint density at radius 3 is 2.63 bits per heavy atom. The van der Waals surface area contributed by atoms with Crippen molar-refractivity contribution in [1.82, 2.24) is 14.6 Å². The van der Waals surface area contributed by atoms with Gasteiger partial charge in [0.1, 0.15) is 10.6 Å². The van der Waals surface area contributed by atoms with Crippen LogP contribution < -0.4 is 5.32 Å². The Labute approximate surface area is 112 Å². The molecule has 104 valence electrons. The summed E-state index contributed by atoms with van der Waals surface area (Å²) in [6.45, 7) is 1.13. The maximum absolute atomic E-state index is 12.3.